The molecule has 5 nitrogen and oxygen atoms in total. The Balaban J connectivity index is 2.85. The van der Waals surface area contributed by atoms with Crippen molar-refractivity contribution < 1.29 is 9.47 Å². The molecule has 0 amide bonds. The van der Waals surface area contributed by atoms with Gasteiger partial charge in [-0.25, -0.2) is 0 Å². The molecule has 1 rings (SSSR count). The first-order valence-electron chi connectivity index (χ1n) is 5.23. The summed E-state index contributed by atoms with van der Waals surface area (Å²) in [5.41, 5.74) is 12.0. The zero-order valence-corrected chi connectivity index (χ0v) is 10.2. The van der Waals surface area contributed by atoms with Gasteiger partial charge in [0.25, 0.3) is 0 Å². The lowest BCUT2D eigenvalue weighted by Crippen LogP contribution is -2.37. The van der Waals surface area contributed by atoms with E-state index in [9.17, 15) is 0 Å². The Labute approximate surface area is 101 Å². The van der Waals surface area contributed by atoms with E-state index in [2.05, 4.69) is 0 Å². The Morgan fingerprint density at radius 1 is 1.44 bits per heavy atom. The third-order valence-corrected chi connectivity index (χ3v) is 2.29. The average Bonchev–Trinajstić information content (AvgIpc) is 2.27. The number of allylic oxidation sites excluding steroid dienone is 1. The highest BCUT2D eigenvalue weighted by molar-refractivity contribution is 6.29. The molecular weight excluding hydrogens is 230 g/mol. The molecule has 1 fully saturated rings. The molecule has 6 heteroatoms. The lowest BCUT2D eigenvalue weighted by molar-refractivity contribution is 0.0519. The largest absolute Gasteiger partial charge is 0.478 e. The molecule has 0 aromatic heterocycles. The monoisotopic (exact) mass is 247 g/mol. The maximum absolute atomic E-state index is 5.82. The van der Waals surface area contributed by atoms with Crippen LogP contribution in [-0.4, -0.2) is 37.8 Å². The molecule has 0 radical (unpaired) electrons. The molecule has 0 saturated carbocycles. The van der Waals surface area contributed by atoms with Crippen molar-refractivity contribution in [2.75, 3.05) is 32.9 Å². The van der Waals surface area contributed by atoms with Crippen LogP contribution in [0.1, 0.15) is 6.92 Å². The van der Waals surface area contributed by atoms with Crippen LogP contribution in [0.2, 0.25) is 0 Å². The summed E-state index contributed by atoms with van der Waals surface area (Å²) in [7, 11) is 0. The van der Waals surface area contributed by atoms with Gasteiger partial charge in [0.05, 0.1) is 19.8 Å². The zero-order valence-electron chi connectivity index (χ0n) is 9.41. The summed E-state index contributed by atoms with van der Waals surface area (Å²) >= 11 is 5.67. The van der Waals surface area contributed by atoms with E-state index < -0.39 is 0 Å². The van der Waals surface area contributed by atoms with Crippen LogP contribution in [0, 0.1) is 0 Å². The third-order valence-electron chi connectivity index (χ3n) is 2.18. The van der Waals surface area contributed by atoms with Crippen LogP contribution in [-0.2, 0) is 9.47 Å². The molecular formula is C10H18ClN3O2. The highest BCUT2D eigenvalue weighted by Crippen LogP contribution is 2.14. The van der Waals surface area contributed by atoms with Gasteiger partial charge in [-0.3, -0.25) is 0 Å². The second-order valence-electron chi connectivity index (χ2n) is 3.31. The minimum absolute atomic E-state index is 0.184. The quantitative estimate of drug-likeness (QED) is 0.431. The van der Waals surface area contributed by atoms with Gasteiger partial charge in [-0.2, -0.15) is 0 Å². The summed E-state index contributed by atoms with van der Waals surface area (Å²) in [4.78, 5) is 2.05. The third kappa shape index (κ3) is 3.83. The molecule has 0 bridgehead atoms. The fraction of sp³-hybridized carbons (Fsp3) is 0.600. The van der Waals surface area contributed by atoms with Gasteiger partial charge in [0.1, 0.15) is 10.9 Å². The van der Waals surface area contributed by atoms with Crippen LogP contribution in [0.3, 0.4) is 0 Å². The topological polar surface area (TPSA) is 73.7 Å². The van der Waals surface area contributed by atoms with Gasteiger partial charge in [-0.15, -0.1) is 0 Å². The van der Waals surface area contributed by atoms with Gasteiger partial charge in [0, 0.05) is 19.2 Å². The number of halogens is 1. The zero-order chi connectivity index (χ0) is 12.0. The molecule has 0 unspecified atom stereocenters. The standard InChI is InChI=1S/C10H18ClN3O2/c1-2-16-10(13)8(7-9(11)12)14-3-5-15-6-4-14/h7H,2-6,12-13H2,1H3/b9-7-,10-8-. The Morgan fingerprint density at radius 3 is 2.56 bits per heavy atom. The maximum Gasteiger partial charge on any atom is 0.208 e. The molecule has 92 valence electrons. The van der Waals surface area contributed by atoms with Gasteiger partial charge >= 0.3 is 0 Å². The smallest absolute Gasteiger partial charge is 0.208 e. The van der Waals surface area contributed by atoms with Crippen molar-refractivity contribution in [3.05, 3.63) is 22.8 Å². The number of hydrogen-bond donors (Lipinski definition) is 2. The van der Waals surface area contributed by atoms with E-state index in [-0.39, 0.29) is 5.16 Å². The lowest BCUT2D eigenvalue weighted by Gasteiger charge is -2.30. The van der Waals surface area contributed by atoms with Crippen LogP contribution in [0.5, 0.6) is 0 Å². The summed E-state index contributed by atoms with van der Waals surface area (Å²) in [6.07, 6.45) is 1.61. The summed E-state index contributed by atoms with van der Waals surface area (Å²) in [5, 5.41) is 0.184. The normalized spacial score (nSPS) is 19.4. The lowest BCUT2D eigenvalue weighted by atomic mass is 10.3. The Hall–Kier alpha value is -1.07. The number of hydrogen-bond acceptors (Lipinski definition) is 5. The van der Waals surface area contributed by atoms with Gasteiger partial charge in [-0.1, -0.05) is 11.6 Å². The van der Waals surface area contributed by atoms with Crippen LogP contribution in [0.4, 0.5) is 0 Å². The highest BCUT2D eigenvalue weighted by Gasteiger charge is 2.16. The first-order valence-corrected chi connectivity index (χ1v) is 5.60. The van der Waals surface area contributed by atoms with E-state index in [1.807, 2.05) is 11.8 Å². The van der Waals surface area contributed by atoms with Gasteiger partial charge in [-0.05, 0) is 6.92 Å². The van der Waals surface area contributed by atoms with Crippen LogP contribution in [0.15, 0.2) is 22.8 Å². The molecule has 16 heavy (non-hydrogen) atoms. The average molecular weight is 248 g/mol. The van der Waals surface area contributed by atoms with Crippen molar-refractivity contribution in [2.45, 2.75) is 6.92 Å². The fourth-order valence-electron chi connectivity index (χ4n) is 1.48. The van der Waals surface area contributed by atoms with Crippen molar-refractivity contribution in [2.24, 2.45) is 11.5 Å². The first kappa shape index (κ1) is 13.0. The number of rotatable bonds is 4. The summed E-state index contributed by atoms with van der Waals surface area (Å²) in [5.74, 6) is 0.341. The van der Waals surface area contributed by atoms with Crippen molar-refractivity contribution in [1.29, 1.82) is 0 Å². The molecule has 0 aliphatic carbocycles. The predicted octanol–water partition coefficient (Wildman–Crippen LogP) is 0.522. The number of nitrogens with two attached hydrogens (primary N) is 2. The first-order chi connectivity index (χ1) is 7.65. The molecule has 1 heterocycles. The second kappa shape index (κ2) is 6.50. The van der Waals surface area contributed by atoms with Gasteiger partial charge < -0.3 is 25.8 Å². The number of morpholine rings is 1. The van der Waals surface area contributed by atoms with E-state index >= 15 is 0 Å². The van der Waals surface area contributed by atoms with Crippen LogP contribution in [0.25, 0.3) is 0 Å². The number of nitrogens with zero attached hydrogens (tertiary/aromatic N) is 1. The van der Waals surface area contributed by atoms with E-state index in [1.165, 1.54) is 0 Å². The van der Waals surface area contributed by atoms with E-state index in [0.29, 0.717) is 25.7 Å². The molecule has 0 aromatic carbocycles. The van der Waals surface area contributed by atoms with E-state index in [4.69, 9.17) is 32.5 Å². The maximum atomic E-state index is 5.82. The number of ether oxygens (including phenoxy) is 2. The van der Waals surface area contributed by atoms with E-state index in [0.717, 1.165) is 18.8 Å². The molecule has 1 saturated heterocycles. The molecule has 0 aromatic rings. The van der Waals surface area contributed by atoms with Crippen molar-refractivity contribution >= 4 is 11.6 Å². The highest BCUT2D eigenvalue weighted by atomic mass is 35.5. The van der Waals surface area contributed by atoms with E-state index in [1.54, 1.807) is 6.08 Å². The van der Waals surface area contributed by atoms with Crippen LogP contribution < -0.4 is 11.5 Å². The minimum Gasteiger partial charge on any atom is -0.478 e. The molecule has 0 spiro atoms. The molecule has 4 N–H and O–H groups in total. The molecule has 1 aliphatic heterocycles. The Kier molecular flexibility index (Phi) is 5.28. The second-order valence-corrected chi connectivity index (χ2v) is 3.75. The van der Waals surface area contributed by atoms with Crippen molar-refractivity contribution in [3.8, 4) is 0 Å². The summed E-state index contributed by atoms with van der Waals surface area (Å²) < 4.78 is 10.5. The minimum atomic E-state index is 0.184. The van der Waals surface area contributed by atoms with Gasteiger partial charge in [0.15, 0.2) is 0 Å². The predicted molar refractivity (Wildman–Crippen MR) is 63.4 cm³/mol. The van der Waals surface area contributed by atoms with Crippen molar-refractivity contribution in [1.82, 2.24) is 4.90 Å². The molecule has 0 atom stereocenters. The Morgan fingerprint density at radius 2 is 2.06 bits per heavy atom. The Bertz CT molecular complexity index is 282. The van der Waals surface area contributed by atoms with Crippen molar-refractivity contribution in [3.63, 3.8) is 0 Å². The van der Waals surface area contributed by atoms with Crippen LogP contribution >= 0.6 is 11.6 Å². The summed E-state index contributed by atoms with van der Waals surface area (Å²) in [6, 6.07) is 0. The molecule has 1 aliphatic rings. The summed E-state index contributed by atoms with van der Waals surface area (Å²) in [6.45, 7) is 5.22. The fourth-order valence-corrected chi connectivity index (χ4v) is 1.59. The SMILES string of the molecule is CCO/C(N)=C(/C=C(\N)Cl)N1CCOCC1. The van der Waals surface area contributed by atoms with Gasteiger partial charge in [0.2, 0.25) is 5.88 Å².